The van der Waals surface area contributed by atoms with Crippen LogP contribution in [0, 0.1) is 18.3 Å². The van der Waals surface area contributed by atoms with Crippen LogP contribution in [-0.2, 0) is 6.42 Å². The van der Waals surface area contributed by atoms with Crippen LogP contribution in [-0.4, -0.2) is 24.5 Å². The van der Waals surface area contributed by atoms with Crippen LogP contribution in [0.5, 0.6) is 0 Å². The van der Waals surface area contributed by atoms with Crippen molar-refractivity contribution in [3.8, 4) is 12.3 Å². The average Bonchev–Trinajstić information content (AvgIpc) is 3.32. The van der Waals surface area contributed by atoms with Crippen molar-refractivity contribution in [2.24, 2.45) is 5.92 Å². The number of hydrogen-bond donors (Lipinski definition) is 0. The van der Waals surface area contributed by atoms with E-state index in [1.54, 1.807) is 5.56 Å². The lowest BCUT2D eigenvalue weighted by molar-refractivity contribution is 0.197. The van der Waals surface area contributed by atoms with Crippen molar-refractivity contribution >= 4 is 0 Å². The Morgan fingerprint density at radius 2 is 1.75 bits per heavy atom. The van der Waals surface area contributed by atoms with Crippen molar-refractivity contribution in [2.45, 2.75) is 44.4 Å². The molecule has 1 aromatic carbocycles. The summed E-state index contributed by atoms with van der Waals surface area (Å²) >= 11 is 0. The second kappa shape index (κ2) is 6.46. The first kappa shape index (κ1) is 13.7. The van der Waals surface area contributed by atoms with Gasteiger partial charge in [-0.1, -0.05) is 30.2 Å². The molecule has 0 N–H and O–H groups in total. The van der Waals surface area contributed by atoms with Gasteiger partial charge in [-0.05, 0) is 74.6 Å². The third-order valence-electron chi connectivity index (χ3n) is 4.89. The summed E-state index contributed by atoms with van der Waals surface area (Å²) in [7, 11) is 0. The number of rotatable bonds is 5. The summed E-state index contributed by atoms with van der Waals surface area (Å²) in [5.74, 6) is 4.53. The number of benzene rings is 1. The van der Waals surface area contributed by atoms with E-state index in [1.807, 2.05) is 0 Å². The summed E-state index contributed by atoms with van der Waals surface area (Å²) in [6, 6.07) is 9.40. The van der Waals surface area contributed by atoms with Crippen LogP contribution < -0.4 is 0 Å². The summed E-state index contributed by atoms with van der Waals surface area (Å²) < 4.78 is 0. The molecular weight excluding hydrogens is 242 g/mol. The molecule has 1 saturated heterocycles. The first-order valence-electron chi connectivity index (χ1n) is 8.10. The fourth-order valence-electron chi connectivity index (χ4n) is 3.31. The highest BCUT2D eigenvalue weighted by Crippen LogP contribution is 2.40. The standard InChI is InChI=1S/C19H25N/c1-2-13-20-14-11-17(12-15-20)4-3-16-5-7-18(8-6-16)19-9-10-19/h1,5-8,17,19H,3-4,9-15H2. The first-order valence-corrected chi connectivity index (χ1v) is 8.10. The summed E-state index contributed by atoms with van der Waals surface area (Å²) in [5.41, 5.74) is 3.07. The molecule has 1 aliphatic carbocycles. The van der Waals surface area contributed by atoms with E-state index in [1.165, 1.54) is 57.2 Å². The molecule has 1 heteroatoms. The normalized spacial score (nSPS) is 20.8. The number of aryl methyl sites for hydroxylation is 1. The van der Waals surface area contributed by atoms with E-state index >= 15 is 0 Å². The molecule has 2 aliphatic rings. The molecule has 1 saturated carbocycles. The van der Waals surface area contributed by atoms with Gasteiger partial charge in [0.25, 0.3) is 0 Å². The van der Waals surface area contributed by atoms with E-state index in [4.69, 9.17) is 6.42 Å². The maximum absolute atomic E-state index is 5.37. The monoisotopic (exact) mass is 267 g/mol. The molecule has 0 radical (unpaired) electrons. The van der Waals surface area contributed by atoms with Gasteiger partial charge in [-0.2, -0.15) is 0 Å². The molecule has 20 heavy (non-hydrogen) atoms. The smallest absolute Gasteiger partial charge is 0.0598 e. The van der Waals surface area contributed by atoms with E-state index in [2.05, 4.69) is 35.1 Å². The summed E-state index contributed by atoms with van der Waals surface area (Å²) in [6.45, 7) is 3.21. The Morgan fingerprint density at radius 3 is 2.35 bits per heavy atom. The maximum atomic E-state index is 5.37. The molecule has 0 spiro atoms. The highest BCUT2D eigenvalue weighted by molar-refractivity contribution is 5.28. The van der Waals surface area contributed by atoms with Gasteiger partial charge in [-0.3, -0.25) is 4.90 Å². The summed E-state index contributed by atoms with van der Waals surface area (Å²) in [6.07, 6.45) is 13.4. The third kappa shape index (κ3) is 3.64. The third-order valence-corrected chi connectivity index (χ3v) is 4.89. The molecule has 1 aliphatic heterocycles. The molecule has 3 rings (SSSR count). The van der Waals surface area contributed by atoms with Crippen LogP contribution in [0.2, 0.25) is 0 Å². The number of piperidine rings is 1. The van der Waals surface area contributed by atoms with Gasteiger partial charge in [0.2, 0.25) is 0 Å². The highest BCUT2D eigenvalue weighted by Gasteiger charge is 2.23. The van der Waals surface area contributed by atoms with Gasteiger partial charge in [0.1, 0.15) is 0 Å². The Morgan fingerprint density at radius 1 is 1.05 bits per heavy atom. The Labute approximate surface area is 123 Å². The quantitative estimate of drug-likeness (QED) is 0.733. The second-order valence-electron chi connectivity index (χ2n) is 6.48. The minimum Gasteiger partial charge on any atom is -0.292 e. The first-order chi connectivity index (χ1) is 9.85. The van der Waals surface area contributed by atoms with Gasteiger partial charge in [0.15, 0.2) is 0 Å². The molecule has 2 fully saturated rings. The van der Waals surface area contributed by atoms with Crippen LogP contribution >= 0.6 is 0 Å². The van der Waals surface area contributed by atoms with Crippen molar-refractivity contribution in [1.29, 1.82) is 0 Å². The van der Waals surface area contributed by atoms with Crippen LogP contribution in [0.15, 0.2) is 24.3 Å². The Bertz CT molecular complexity index is 456. The molecule has 1 aromatic rings. The number of terminal acetylenes is 1. The van der Waals surface area contributed by atoms with Crippen molar-refractivity contribution in [1.82, 2.24) is 4.90 Å². The van der Waals surface area contributed by atoms with Gasteiger partial charge in [-0.25, -0.2) is 0 Å². The van der Waals surface area contributed by atoms with Gasteiger partial charge in [-0.15, -0.1) is 6.42 Å². The Balaban J connectivity index is 1.42. The molecule has 0 unspecified atom stereocenters. The molecule has 0 amide bonds. The maximum Gasteiger partial charge on any atom is 0.0598 e. The van der Waals surface area contributed by atoms with Crippen LogP contribution in [0.25, 0.3) is 0 Å². The van der Waals surface area contributed by atoms with E-state index < -0.39 is 0 Å². The fourth-order valence-corrected chi connectivity index (χ4v) is 3.31. The van der Waals surface area contributed by atoms with E-state index in [0.29, 0.717) is 0 Å². The van der Waals surface area contributed by atoms with E-state index in [0.717, 1.165) is 18.4 Å². The zero-order valence-electron chi connectivity index (χ0n) is 12.4. The molecule has 0 atom stereocenters. The predicted molar refractivity (Wildman–Crippen MR) is 84.7 cm³/mol. The number of nitrogens with zero attached hydrogens (tertiary/aromatic N) is 1. The molecule has 106 valence electrons. The molecule has 1 heterocycles. The van der Waals surface area contributed by atoms with E-state index in [9.17, 15) is 0 Å². The van der Waals surface area contributed by atoms with Crippen molar-refractivity contribution in [3.63, 3.8) is 0 Å². The molecule has 0 aromatic heterocycles. The largest absolute Gasteiger partial charge is 0.292 e. The lowest BCUT2D eigenvalue weighted by Gasteiger charge is -2.30. The predicted octanol–water partition coefficient (Wildman–Crippen LogP) is 3.84. The molecular formula is C19H25N. The van der Waals surface area contributed by atoms with Crippen molar-refractivity contribution in [2.75, 3.05) is 19.6 Å². The highest BCUT2D eigenvalue weighted by atomic mass is 15.1. The van der Waals surface area contributed by atoms with Crippen LogP contribution in [0.4, 0.5) is 0 Å². The number of likely N-dealkylation sites (tertiary alicyclic amines) is 1. The zero-order chi connectivity index (χ0) is 13.8. The Kier molecular flexibility index (Phi) is 4.43. The number of hydrogen-bond acceptors (Lipinski definition) is 1. The van der Waals surface area contributed by atoms with Gasteiger partial charge in [0.05, 0.1) is 6.54 Å². The molecule has 1 nitrogen and oxygen atoms in total. The van der Waals surface area contributed by atoms with Crippen molar-refractivity contribution in [3.05, 3.63) is 35.4 Å². The van der Waals surface area contributed by atoms with E-state index in [-0.39, 0.29) is 0 Å². The van der Waals surface area contributed by atoms with Crippen LogP contribution in [0.1, 0.15) is 49.1 Å². The summed E-state index contributed by atoms with van der Waals surface area (Å²) in [4.78, 5) is 2.40. The molecule has 0 bridgehead atoms. The van der Waals surface area contributed by atoms with Crippen LogP contribution in [0.3, 0.4) is 0 Å². The average molecular weight is 267 g/mol. The second-order valence-corrected chi connectivity index (χ2v) is 6.48. The van der Waals surface area contributed by atoms with Gasteiger partial charge < -0.3 is 0 Å². The minimum absolute atomic E-state index is 0.829. The SMILES string of the molecule is C#CCN1CCC(CCc2ccc(C3CC3)cc2)CC1. The lowest BCUT2D eigenvalue weighted by atomic mass is 9.90. The van der Waals surface area contributed by atoms with Gasteiger partial charge >= 0.3 is 0 Å². The van der Waals surface area contributed by atoms with Gasteiger partial charge in [0, 0.05) is 0 Å². The zero-order valence-corrected chi connectivity index (χ0v) is 12.4. The Hall–Kier alpha value is -1.26. The van der Waals surface area contributed by atoms with Crippen molar-refractivity contribution < 1.29 is 0 Å². The topological polar surface area (TPSA) is 3.24 Å². The summed E-state index contributed by atoms with van der Waals surface area (Å²) in [5, 5.41) is 0. The fraction of sp³-hybridized carbons (Fsp3) is 0.579. The lowest BCUT2D eigenvalue weighted by Crippen LogP contribution is -2.34. The minimum atomic E-state index is 0.829.